The second-order valence-corrected chi connectivity index (χ2v) is 5.25. The number of benzene rings is 1. The number of nitrogens with two attached hydrogens (primary N) is 1. The van der Waals surface area contributed by atoms with Crippen LogP contribution < -0.4 is 5.73 Å². The predicted octanol–water partition coefficient (Wildman–Crippen LogP) is 1.86. The summed E-state index contributed by atoms with van der Waals surface area (Å²) >= 11 is 0. The summed E-state index contributed by atoms with van der Waals surface area (Å²) in [6.07, 6.45) is 0. The van der Waals surface area contributed by atoms with Gasteiger partial charge in [0.15, 0.2) is 0 Å². The largest absolute Gasteiger partial charge is 0.326 e. The number of rotatable bonds is 2. The zero-order chi connectivity index (χ0) is 10.9. The molecule has 1 unspecified atom stereocenters. The lowest BCUT2D eigenvalue weighted by molar-refractivity contribution is 0.282. The van der Waals surface area contributed by atoms with Crippen LogP contribution in [-0.4, -0.2) is 24.0 Å². The van der Waals surface area contributed by atoms with Gasteiger partial charge in [0.2, 0.25) is 0 Å². The van der Waals surface area contributed by atoms with Crippen molar-refractivity contribution in [3.8, 4) is 0 Å². The Morgan fingerprint density at radius 1 is 1.33 bits per heavy atom. The summed E-state index contributed by atoms with van der Waals surface area (Å²) in [6, 6.07) is 10.9. The third-order valence-corrected chi connectivity index (χ3v) is 3.34. The number of hydrogen-bond donors (Lipinski definition) is 1. The Labute approximate surface area is 92.1 Å². The summed E-state index contributed by atoms with van der Waals surface area (Å²) in [7, 11) is 0. The Hall–Kier alpha value is -0.860. The molecular weight excluding hydrogens is 184 g/mol. The minimum absolute atomic E-state index is 0.259. The Bertz CT molecular complexity index is 319. The van der Waals surface area contributed by atoms with Gasteiger partial charge in [0, 0.05) is 25.7 Å². The standard InChI is InChI=1S/C13H20N2/c1-13(2)10-15(9-12(13)14)8-11-6-4-3-5-7-11/h3-7,12H,8-10,14H2,1-2H3. The predicted molar refractivity (Wildman–Crippen MR) is 63.5 cm³/mol. The van der Waals surface area contributed by atoms with Crippen molar-refractivity contribution in [1.82, 2.24) is 4.90 Å². The van der Waals surface area contributed by atoms with E-state index >= 15 is 0 Å². The molecule has 0 spiro atoms. The average Bonchev–Trinajstić information content (AvgIpc) is 2.42. The van der Waals surface area contributed by atoms with Crippen LogP contribution in [0, 0.1) is 5.41 Å². The van der Waals surface area contributed by atoms with Crippen molar-refractivity contribution in [2.45, 2.75) is 26.4 Å². The number of nitrogens with zero attached hydrogens (tertiary/aromatic N) is 1. The highest BCUT2D eigenvalue weighted by Gasteiger charge is 2.36. The second kappa shape index (κ2) is 3.95. The first-order valence-electron chi connectivity index (χ1n) is 5.60. The minimum Gasteiger partial charge on any atom is -0.326 e. The zero-order valence-corrected chi connectivity index (χ0v) is 9.61. The monoisotopic (exact) mass is 204 g/mol. The van der Waals surface area contributed by atoms with Crippen LogP contribution in [0.1, 0.15) is 19.4 Å². The van der Waals surface area contributed by atoms with E-state index in [1.807, 2.05) is 0 Å². The molecule has 2 rings (SSSR count). The van der Waals surface area contributed by atoms with Crippen LogP contribution in [-0.2, 0) is 6.54 Å². The third kappa shape index (κ3) is 2.39. The Kier molecular flexibility index (Phi) is 2.81. The van der Waals surface area contributed by atoms with E-state index in [1.165, 1.54) is 5.56 Å². The summed E-state index contributed by atoms with van der Waals surface area (Å²) in [5.41, 5.74) is 7.75. The first-order chi connectivity index (χ1) is 7.08. The molecular formula is C13H20N2. The molecule has 0 bridgehead atoms. The van der Waals surface area contributed by atoms with Crippen molar-refractivity contribution < 1.29 is 0 Å². The molecule has 0 amide bonds. The van der Waals surface area contributed by atoms with Crippen molar-refractivity contribution >= 4 is 0 Å². The van der Waals surface area contributed by atoms with Crippen LogP contribution >= 0.6 is 0 Å². The lowest BCUT2D eigenvalue weighted by Gasteiger charge is -2.22. The summed E-state index contributed by atoms with van der Waals surface area (Å²) < 4.78 is 0. The molecule has 1 atom stereocenters. The molecule has 1 aliphatic heterocycles. The molecule has 0 saturated carbocycles. The summed E-state index contributed by atoms with van der Waals surface area (Å²) in [4.78, 5) is 2.44. The molecule has 1 aromatic carbocycles. The van der Waals surface area contributed by atoms with Crippen LogP contribution in [0.15, 0.2) is 30.3 Å². The van der Waals surface area contributed by atoms with Gasteiger partial charge in [-0.15, -0.1) is 0 Å². The third-order valence-electron chi connectivity index (χ3n) is 3.34. The van der Waals surface area contributed by atoms with Crippen molar-refractivity contribution in [2.75, 3.05) is 13.1 Å². The molecule has 1 saturated heterocycles. The lowest BCUT2D eigenvalue weighted by Crippen LogP contribution is -2.35. The van der Waals surface area contributed by atoms with Crippen molar-refractivity contribution in [1.29, 1.82) is 0 Å². The molecule has 1 aliphatic rings. The van der Waals surface area contributed by atoms with Gasteiger partial charge in [-0.1, -0.05) is 44.2 Å². The molecule has 0 radical (unpaired) electrons. The second-order valence-electron chi connectivity index (χ2n) is 5.25. The quantitative estimate of drug-likeness (QED) is 0.796. The van der Waals surface area contributed by atoms with Gasteiger partial charge in [-0.3, -0.25) is 4.90 Å². The molecule has 2 heteroatoms. The van der Waals surface area contributed by atoms with Gasteiger partial charge in [0.05, 0.1) is 0 Å². The summed E-state index contributed by atoms with van der Waals surface area (Å²) in [5, 5.41) is 0. The van der Waals surface area contributed by atoms with Crippen LogP contribution in [0.2, 0.25) is 0 Å². The van der Waals surface area contributed by atoms with E-state index < -0.39 is 0 Å². The van der Waals surface area contributed by atoms with E-state index in [0.29, 0.717) is 6.04 Å². The normalized spacial score (nSPS) is 25.7. The molecule has 1 aromatic rings. The Morgan fingerprint density at radius 2 is 2.00 bits per heavy atom. The first-order valence-corrected chi connectivity index (χ1v) is 5.60. The maximum absolute atomic E-state index is 6.11. The van der Waals surface area contributed by atoms with Crippen molar-refractivity contribution in [2.24, 2.45) is 11.1 Å². The maximum atomic E-state index is 6.11. The van der Waals surface area contributed by atoms with Gasteiger partial charge < -0.3 is 5.73 Å². The van der Waals surface area contributed by atoms with E-state index in [1.54, 1.807) is 0 Å². The van der Waals surface area contributed by atoms with Crippen LogP contribution in [0.4, 0.5) is 0 Å². The van der Waals surface area contributed by atoms with Gasteiger partial charge >= 0.3 is 0 Å². The Morgan fingerprint density at radius 3 is 2.53 bits per heavy atom. The fourth-order valence-corrected chi connectivity index (χ4v) is 2.25. The van der Waals surface area contributed by atoms with Gasteiger partial charge in [-0.2, -0.15) is 0 Å². The highest BCUT2D eigenvalue weighted by Crippen LogP contribution is 2.28. The van der Waals surface area contributed by atoms with Gasteiger partial charge in [-0.25, -0.2) is 0 Å². The first kappa shape index (κ1) is 10.7. The molecule has 15 heavy (non-hydrogen) atoms. The Balaban J connectivity index is 1.99. The van der Waals surface area contributed by atoms with Crippen LogP contribution in [0.3, 0.4) is 0 Å². The zero-order valence-electron chi connectivity index (χ0n) is 9.61. The van der Waals surface area contributed by atoms with Crippen molar-refractivity contribution in [3.05, 3.63) is 35.9 Å². The van der Waals surface area contributed by atoms with E-state index in [2.05, 4.69) is 49.1 Å². The van der Waals surface area contributed by atoms with E-state index in [0.717, 1.165) is 19.6 Å². The van der Waals surface area contributed by atoms with Crippen LogP contribution in [0.25, 0.3) is 0 Å². The van der Waals surface area contributed by atoms with E-state index in [4.69, 9.17) is 5.73 Å². The highest BCUT2D eigenvalue weighted by molar-refractivity contribution is 5.15. The summed E-state index contributed by atoms with van der Waals surface area (Å²) in [5.74, 6) is 0. The van der Waals surface area contributed by atoms with Gasteiger partial charge in [0.25, 0.3) is 0 Å². The smallest absolute Gasteiger partial charge is 0.0234 e. The molecule has 1 heterocycles. The lowest BCUT2D eigenvalue weighted by atomic mass is 9.89. The molecule has 2 N–H and O–H groups in total. The molecule has 2 nitrogen and oxygen atoms in total. The van der Waals surface area contributed by atoms with Gasteiger partial charge in [-0.05, 0) is 11.0 Å². The van der Waals surface area contributed by atoms with Crippen molar-refractivity contribution in [3.63, 3.8) is 0 Å². The fraction of sp³-hybridized carbons (Fsp3) is 0.538. The fourth-order valence-electron chi connectivity index (χ4n) is 2.25. The van der Waals surface area contributed by atoms with Crippen LogP contribution in [0.5, 0.6) is 0 Å². The SMILES string of the molecule is CC1(C)CN(Cc2ccccc2)CC1N. The minimum atomic E-state index is 0.259. The molecule has 0 aliphatic carbocycles. The van der Waals surface area contributed by atoms with E-state index in [-0.39, 0.29) is 5.41 Å². The topological polar surface area (TPSA) is 29.3 Å². The number of hydrogen-bond acceptors (Lipinski definition) is 2. The average molecular weight is 204 g/mol. The summed E-state index contributed by atoms with van der Waals surface area (Å²) in [6.45, 7) is 7.65. The highest BCUT2D eigenvalue weighted by atomic mass is 15.2. The maximum Gasteiger partial charge on any atom is 0.0234 e. The number of likely N-dealkylation sites (tertiary alicyclic amines) is 1. The molecule has 1 fully saturated rings. The molecule has 0 aromatic heterocycles. The van der Waals surface area contributed by atoms with Gasteiger partial charge in [0.1, 0.15) is 0 Å². The van der Waals surface area contributed by atoms with E-state index in [9.17, 15) is 0 Å². The molecule has 82 valence electrons.